The fraction of sp³-hybridized carbons (Fsp3) is 1.00. The minimum absolute atomic E-state index is 0.0432. The fourth-order valence-corrected chi connectivity index (χ4v) is 1.98. The van der Waals surface area contributed by atoms with Crippen molar-refractivity contribution in [1.29, 1.82) is 0 Å². The average Bonchev–Trinajstić information content (AvgIpc) is 2.16. The highest BCUT2D eigenvalue weighted by molar-refractivity contribution is 4.84. The van der Waals surface area contributed by atoms with Gasteiger partial charge in [-0.1, -0.05) is 27.7 Å². The zero-order valence-corrected chi connectivity index (χ0v) is 11.3. The van der Waals surface area contributed by atoms with E-state index in [-0.39, 0.29) is 18.4 Å². The molecule has 0 rings (SSSR count). The van der Waals surface area contributed by atoms with Crippen molar-refractivity contribution in [2.24, 2.45) is 17.8 Å². The van der Waals surface area contributed by atoms with Crippen molar-refractivity contribution < 1.29 is 15.3 Å². The van der Waals surface area contributed by atoms with E-state index in [0.717, 1.165) is 6.42 Å². The summed E-state index contributed by atoms with van der Waals surface area (Å²) in [7, 11) is 0. The van der Waals surface area contributed by atoms with Crippen LogP contribution in [0.5, 0.6) is 0 Å². The molecule has 0 unspecified atom stereocenters. The predicted octanol–water partition coefficient (Wildman–Crippen LogP) is 1.80. The van der Waals surface area contributed by atoms with Gasteiger partial charge in [-0.25, -0.2) is 0 Å². The Balaban J connectivity index is 4.26. The van der Waals surface area contributed by atoms with E-state index in [9.17, 15) is 15.3 Å². The minimum Gasteiger partial charge on any atom is -0.396 e. The van der Waals surface area contributed by atoms with Crippen LogP contribution in [0.2, 0.25) is 0 Å². The molecule has 0 aliphatic heterocycles. The largest absolute Gasteiger partial charge is 0.396 e. The van der Waals surface area contributed by atoms with E-state index in [4.69, 9.17) is 0 Å². The van der Waals surface area contributed by atoms with E-state index in [1.807, 2.05) is 13.8 Å². The van der Waals surface area contributed by atoms with Gasteiger partial charge in [0.05, 0.1) is 11.7 Å². The molecule has 0 aliphatic rings. The van der Waals surface area contributed by atoms with Crippen LogP contribution in [0.15, 0.2) is 0 Å². The molecule has 0 radical (unpaired) electrons. The van der Waals surface area contributed by atoms with Crippen LogP contribution < -0.4 is 0 Å². The highest BCUT2D eigenvalue weighted by Crippen LogP contribution is 2.26. The Kier molecular flexibility index (Phi) is 6.53. The first-order chi connectivity index (χ1) is 7.22. The minimum atomic E-state index is -1.06. The first-order valence-corrected chi connectivity index (χ1v) is 6.23. The van der Waals surface area contributed by atoms with Crippen molar-refractivity contribution in [2.75, 3.05) is 6.61 Å². The van der Waals surface area contributed by atoms with E-state index in [1.165, 1.54) is 0 Å². The summed E-state index contributed by atoms with van der Waals surface area (Å²) in [4.78, 5) is 0. The first-order valence-electron chi connectivity index (χ1n) is 6.23. The molecule has 3 N–H and O–H groups in total. The van der Waals surface area contributed by atoms with Crippen molar-refractivity contribution >= 4 is 0 Å². The van der Waals surface area contributed by atoms with E-state index in [2.05, 4.69) is 13.8 Å². The zero-order valence-electron chi connectivity index (χ0n) is 11.3. The molecular formula is C13H28O3. The predicted molar refractivity (Wildman–Crippen MR) is 66.1 cm³/mol. The van der Waals surface area contributed by atoms with Crippen LogP contribution in [0.1, 0.15) is 47.5 Å². The molecule has 3 atom stereocenters. The molecule has 0 aromatic rings. The van der Waals surface area contributed by atoms with Crippen molar-refractivity contribution in [3.05, 3.63) is 0 Å². The summed E-state index contributed by atoms with van der Waals surface area (Å²) in [6.45, 7) is 9.73. The lowest BCUT2D eigenvalue weighted by Gasteiger charge is -2.33. The van der Waals surface area contributed by atoms with Crippen molar-refractivity contribution in [2.45, 2.75) is 59.2 Å². The van der Waals surface area contributed by atoms with Gasteiger partial charge in [0.15, 0.2) is 0 Å². The standard InChI is InChI=1S/C13H28O3/c1-9(2)11(8-14)6-7-13(5,16)12(15)10(3)4/h9-12,14-16H,6-8H2,1-5H3/t11-,12-,13-/m1/s1. The molecule has 16 heavy (non-hydrogen) atoms. The summed E-state index contributed by atoms with van der Waals surface area (Å²) in [6.07, 6.45) is 0.555. The molecule has 0 aliphatic carbocycles. The van der Waals surface area contributed by atoms with Crippen LogP contribution in [0, 0.1) is 17.8 Å². The van der Waals surface area contributed by atoms with Crippen LogP contribution in [0.25, 0.3) is 0 Å². The summed E-state index contributed by atoms with van der Waals surface area (Å²) in [5, 5.41) is 29.2. The van der Waals surface area contributed by atoms with E-state index < -0.39 is 11.7 Å². The highest BCUT2D eigenvalue weighted by atomic mass is 16.3. The lowest BCUT2D eigenvalue weighted by molar-refractivity contribution is -0.0911. The third kappa shape index (κ3) is 4.81. The maximum absolute atomic E-state index is 10.1. The van der Waals surface area contributed by atoms with E-state index in [0.29, 0.717) is 12.3 Å². The quantitative estimate of drug-likeness (QED) is 0.627. The van der Waals surface area contributed by atoms with Crippen LogP contribution in [0.3, 0.4) is 0 Å². The van der Waals surface area contributed by atoms with Crippen molar-refractivity contribution in [3.63, 3.8) is 0 Å². The smallest absolute Gasteiger partial charge is 0.0880 e. The number of hydrogen-bond donors (Lipinski definition) is 3. The van der Waals surface area contributed by atoms with Crippen molar-refractivity contribution in [3.8, 4) is 0 Å². The third-order valence-electron chi connectivity index (χ3n) is 3.47. The maximum Gasteiger partial charge on any atom is 0.0880 e. The summed E-state index contributed by atoms with van der Waals surface area (Å²) in [5.74, 6) is 0.643. The number of hydrogen-bond acceptors (Lipinski definition) is 3. The van der Waals surface area contributed by atoms with Gasteiger partial charge in [0.1, 0.15) is 0 Å². The van der Waals surface area contributed by atoms with Gasteiger partial charge in [0.2, 0.25) is 0 Å². The van der Waals surface area contributed by atoms with Crippen LogP contribution >= 0.6 is 0 Å². The van der Waals surface area contributed by atoms with Gasteiger partial charge in [0, 0.05) is 6.61 Å². The molecule has 98 valence electrons. The Morgan fingerprint density at radius 3 is 1.88 bits per heavy atom. The molecule has 0 spiro atoms. The molecule has 0 aromatic heterocycles. The summed E-state index contributed by atoms with van der Waals surface area (Å²) < 4.78 is 0. The average molecular weight is 232 g/mol. The Bertz CT molecular complexity index is 188. The molecule has 0 saturated heterocycles. The van der Waals surface area contributed by atoms with Gasteiger partial charge >= 0.3 is 0 Å². The van der Waals surface area contributed by atoms with Crippen molar-refractivity contribution in [1.82, 2.24) is 0 Å². The second-order valence-electron chi connectivity index (χ2n) is 5.77. The van der Waals surface area contributed by atoms with Gasteiger partial charge in [-0.3, -0.25) is 0 Å². The second kappa shape index (κ2) is 6.58. The monoisotopic (exact) mass is 232 g/mol. The van der Waals surface area contributed by atoms with Gasteiger partial charge in [0.25, 0.3) is 0 Å². The van der Waals surface area contributed by atoms with Gasteiger partial charge in [-0.05, 0) is 37.5 Å². The molecule has 0 heterocycles. The Morgan fingerprint density at radius 2 is 1.56 bits per heavy atom. The highest BCUT2D eigenvalue weighted by Gasteiger charge is 2.33. The first kappa shape index (κ1) is 15.9. The topological polar surface area (TPSA) is 60.7 Å². The Labute approximate surface area is 99.5 Å². The molecule has 0 amide bonds. The number of rotatable bonds is 7. The lowest BCUT2D eigenvalue weighted by atomic mass is 9.82. The van der Waals surface area contributed by atoms with Gasteiger partial charge in [-0.15, -0.1) is 0 Å². The number of aliphatic hydroxyl groups is 3. The molecule has 0 saturated carbocycles. The molecule has 0 bridgehead atoms. The van der Waals surface area contributed by atoms with E-state index in [1.54, 1.807) is 6.92 Å². The second-order valence-corrected chi connectivity index (χ2v) is 5.77. The third-order valence-corrected chi connectivity index (χ3v) is 3.47. The van der Waals surface area contributed by atoms with Crippen LogP contribution in [-0.4, -0.2) is 33.6 Å². The molecule has 0 aromatic carbocycles. The number of aliphatic hydroxyl groups excluding tert-OH is 2. The fourth-order valence-electron chi connectivity index (χ4n) is 1.98. The molecule has 0 fully saturated rings. The van der Waals surface area contributed by atoms with Gasteiger partial charge in [-0.2, -0.15) is 0 Å². The summed E-state index contributed by atoms with van der Waals surface area (Å²) in [6, 6.07) is 0. The normalized spacial score (nSPS) is 19.9. The zero-order chi connectivity index (χ0) is 12.9. The van der Waals surface area contributed by atoms with Gasteiger partial charge < -0.3 is 15.3 Å². The van der Waals surface area contributed by atoms with E-state index >= 15 is 0 Å². The Morgan fingerprint density at radius 1 is 1.06 bits per heavy atom. The molecule has 3 nitrogen and oxygen atoms in total. The van der Waals surface area contributed by atoms with Crippen LogP contribution in [0.4, 0.5) is 0 Å². The summed E-state index contributed by atoms with van der Waals surface area (Å²) in [5.41, 5.74) is -1.06. The summed E-state index contributed by atoms with van der Waals surface area (Å²) >= 11 is 0. The molecular weight excluding hydrogens is 204 g/mol. The molecule has 3 heteroatoms. The maximum atomic E-state index is 10.1. The Hall–Kier alpha value is -0.120. The van der Waals surface area contributed by atoms with Crippen LogP contribution in [-0.2, 0) is 0 Å². The lowest BCUT2D eigenvalue weighted by Crippen LogP contribution is -2.43. The SMILES string of the molecule is CC(C)[C@@H](CO)CC[C@@](C)(O)[C@H](O)C(C)C.